The molecule has 1 unspecified atom stereocenters. The maximum absolute atomic E-state index is 12.9. The first kappa shape index (κ1) is 17.2. The average Bonchev–Trinajstić information content (AvgIpc) is 3.10. The summed E-state index contributed by atoms with van der Waals surface area (Å²) in [6.45, 7) is 1.04. The summed E-state index contributed by atoms with van der Waals surface area (Å²) in [4.78, 5) is 22.8. The maximum atomic E-state index is 12.9. The Morgan fingerprint density at radius 3 is 2.88 bits per heavy atom. The van der Waals surface area contributed by atoms with Gasteiger partial charge in [0.1, 0.15) is 18.0 Å². The summed E-state index contributed by atoms with van der Waals surface area (Å²) in [5.41, 5.74) is 0.138. The Bertz CT molecular complexity index is 794. The van der Waals surface area contributed by atoms with Crippen LogP contribution in [0, 0.1) is 17.1 Å². The molecule has 0 aliphatic carbocycles. The zero-order valence-corrected chi connectivity index (χ0v) is 14.1. The van der Waals surface area contributed by atoms with Crippen LogP contribution in [0.2, 0.25) is 0 Å². The molecular formula is C17H15FN4O2S. The quantitative estimate of drug-likeness (QED) is 0.763. The highest BCUT2D eigenvalue weighted by atomic mass is 32.2. The van der Waals surface area contributed by atoms with Gasteiger partial charge in [-0.15, -0.1) is 11.8 Å². The average molecular weight is 358 g/mol. The molecule has 128 valence electrons. The molecule has 1 atom stereocenters. The lowest BCUT2D eigenvalue weighted by molar-refractivity contribution is -0.127. The van der Waals surface area contributed by atoms with Gasteiger partial charge in [-0.05, 0) is 24.3 Å². The Morgan fingerprint density at radius 2 is 2.12 bits per heavy atom. The Labute approximate surface area is 148 Å². The Hall–Kier alpha value is -2.66. The second kappa shape index (κ2) is 7.94. The summed E-state index contributed by atoms with van der Waals surface area (Å²) in [6.07, 6.45) is 3.37. The SMILES string of the molecule is N#Cc1nccnc1OC1CCN(C(=O)CSc2ccc(F)cc2)C1. The third-order valence-corrected chi connectivity index (χ3v) is 4.72. The highest BCUT2D eigenvalue weighted by Gasteiger charge is 2.28. The van der Waals surface area contributed by atoms with Crippen LogP contribution in [0.15, 0.2) is 41.6 Å². The predicted octanol–water partition coefficient (Wildman–Crippen LogP) is 2.26. The summed E-state index contributed by atoms with van der Waals surface area (Å²) in [7, 11) is 0. The molecule has 2 aromatic rings. The first-order valence-corrected chi connectivity index (χ1v) is 8.68. The molecule has 1 saturated heterocycles. The number of nitrogens with zero attached hydrogens (tertiary/aromatic N) is 4. The van der Waals surface area contributed by atoms with Crippen LogP contribution in [0.3, 0.4) is 0 Å². The standard InChI is InChI=1S/C17H15FN4O2S/c18-12-1-3-14(4-2-12)25-11-16(23)22-8-5-13(10-22)24-17-15(9-19)20-6-7-21-17/h1-4,6-7,13H,5,8,10-11H2. The molecule has 1 amide bonds. The molecule has 0 bridgehead atoms. The molecular weight excluding hydrogens is 343 g/mol. The molecule has 0 spiro atoms. The van der Waals surface area contributed by atoms with Crippen LogP contribution >= 0.6 is 11.8 Å². The zero-order valence-electron chi connectivity index (χ0n) is 13.3. The number of carbonyl (C=O) groups excluding carboxylic acids is 1. The lowest BCUT2D eigenvalue weighted by atomic mass is 10.3. The third kappa shape index (κ3) is 4.45. The first-order valence-electron chi connectivity index (χ1n) is 7.69. The number of benzene rings is 1. The van der Waals surface area contributed by atoms with Crippen molar-refractivity contribution in [3.05, 3.63) is 48.2 Å². The predicted molar refractivity (Wildman–Crippen MR) is 89.5 cm³/mol. The normalized spacial score (nSPS) is 16.5. The number of amides is 1. The Morgan fingerprint density at radius 1 is 1.36 bits per heavy atom. The lowest BCUT2D eigenvalue weighted by Gasteiger charge is -2.17. The summed E-state index contributed by atoms with van der Waals surface area (Å²) in [5, 5.41) is 9.00. The van der Waals surface area contributed by atoms with Gasteiger partial charge in [-0.25, -0.2) is 14.4 Å². The minimum Gasteiger partial charge on any atom is -0.470 e. The first-order chi connectivity index (χ1) is 12.2. The third-order valence-electron chi connectivity index (χ3n) is 3.72. The number of halogens is 1. The van der Waals surface area contributed by atoms with Crippen molar-refractivity contribution in [1.29, 1.82) is 5.26 Å². The van der Waals surface area contributed by atoms with E-state index < -0.39 is 0 Å². The fraction of sp³-hybridized carbons (Fsp3) is 0.294. The second-order valence-electron chi connectivity index (χ2n) is 5.43. The molecule has 6 nitrogen and oxygen atoms in total. The number of nitriles is 1. The zero-order chi connectivity index (χ0) is 17.6. The van der Waals surface area contributed by atoms with E-state index in [2.05, 4.69) is 9.97 Å². The number of aromatic nitrogens is 2. The van der Waals surface area contributed by atoms with Crippen molar-refractivity contribution in [2.24, 2.45) is 0 Å². The molecule has 1 aromatic heterocycles. The maximum Gasteiger partial charge on any atom is 0.251 e. The summed E-state index contributed by atoms with van der Waals surface area (Å²) >= 11 is 1.37. The van der Waals surface area contributed by atoms with E-state index in [1.807, 2.05) is 6.07 Å². The number of likely N-dealkylation sites (tertiary alicyclic amines) is 1. The molecule has 1 aromatic carbocycles. The van der Waals surface area contributed by atoms with E-state index in [1.165, 1.54) is 36.3 Å². The summed E-state index contributed by atoms with van der Waals surface area (Å²) in [5.74, 6) is 0.188. The van der Waals surface area contributed by atoms with Gasteiger partial charge < -0.3 is 9.64 Å². The molecule has 1 aliphatic rings. The van der Waals surface area contributed by atoms with Crippen molar-refractivity contribution in [2.75, 3.05) is 18.8 Å². The number of thioether (sulfide) groups is 1. The molecule has 1 fully saturated rings. The molecule has 8 heteroatoms. The minimum atomic E-state index is -0.295. The molecule has 0 N–H and O–H groups in total. The number of hydrogen-bond donors (Lipinski definition) is 0. The van der Waals surface area contributed by atoms with Crippen molar-refractivity contribution in [3.8, 4) is 11.9 Å². The van der Waals surface area contributed by atoms with Crippen LogP contribution in [-0.4, -0.2) is 45.7 Å². The van der Waals surface area contributed by atoms with E-state index >= 15 is 0 Å². The number of rotatable bonds is 5. The fourth-order valence-corrected chi connectivity index (χ4v) is 3.27. The molecule has 3 rings (SSSR count). The van der Waals surface area contributed by atoms with Crippen molar-refractivity contribution in [2.45, 2.75) is 17.4 Å². The van der Waals surface area contributed by atoms with Crippen LogP contribution in [0.25, 0.3) is 0 Å². The smallest absolute Gasteiger partial charge is 0.251 e. The van der Waals surface area contributed by atoms with Crippen molar-refractivity contribution in [1.82, 2.24) is 14.9 Å². The highest BCUT2D eigenvalue weighted by molar-refractivity contribution is 8.00. The largest absolute Gasteiger partial charge is 0.470 e. The molecule has 0 radical (unpaired) electrons. The lowest BCUT2D eigenvalue weighted by Crippen LogP contribution is -2.32. The van der Waals surface area contributed by atoms with Crippen LogP contribution in [0.1, 0.15) is 12.1 Å². The molecule has 25 heavy (non-hydrogen) atoms. The van der Waals surface area contributed by atoms with E-state index in [-0.39, 0.29) is 35.2 Å². The van der Waals surface area contributed by atoms with E-state index in [4.69, 9.17) is 10.00 Å². The van der Waals surface area contributed by atoms with Crippen LogP contribution < -0.4 is 4.74 Å². The van der Waals surface area contributed by atoms with Crippen molar-refractivity contribution >= 4 is 17.7 Å². The fourth-order valence-electron chi connectivity index (χ4n) is 2.46. The van der Waals surface area contributed by atoms with Gasteiger partial charge >= 0.3 is 0 Å². The highest BCUT2D eigenvalue weighted by Crippen LogP contribution is 2.22. The van der Waals surface area contributed by atoms with Crippen LogP contribution in [0.5, 0.6) is 5.88 Å². The Balaban J connectivity index is 1.51. The molecule has 2 heterocycles. The minimum absolute atomic E-state index is 0.0000718. The van der Waals surface area contributed by atoms with Crippen LogP contribution in [-0.2, 0) is 4.79 Å². The topological polar surface area (TPSA) is 79.1 Å². The number of ether oxygens (including phenoxy) is 1. The second-order valence-corrected chi connectivity index (χ2v) is 6.48. The monoisotopic (exact) mass is 358 g/mol. The van der Waals surface area contributed by atoms with Gasteiger partial charge in [0.15, 0.2) is 0 Å². The van der Waals surface area contributed by atoms with Crippen molar-refractivity contribution < 1.29 is 13.9 Å². The van der Waals surface area contributed by atoms with Gasteiger partial charge in [-0.2, -0.15) is 5.26 Å². The van der Waals surface area contributed by atoms with E-state index in [0.717, 1.165) is 4.90 Å². The van der Waals surface area contributed by atoms with Crippen LogP contribution in [0.4, 0.5) is 4.39 Å². The number of carbonyl (C=O) groups is 1. The number of hydrogen-bond acceptors (Lipinski definition) is 6. The van der Waals surface area contributed by atoms with Gasteiger partial charge in [-0.3, -0.25) is 4.79 Å². The Kier molecular flexibility index (Phi) is 5.46. The van der Waals surface area contributed by atoms with E-state index in [0.29, 0.717) is 19.5 Å². The van der Waals surface area contributed by atoms with E-state index in [9.17, 15) is 9.18 Å². The van der Waals surface area contributed by atoms with E-state index in [1.54, 1.807) is 17.0 Å². The summed E-state index contributed by atoms with van der Waals surface area (Å²) in [6, 6.07) is 7.99. The van der Waals surface area contributed by atoms with Gasteiger partial charge in [0, 0.05) is 30.3 Å². The van der Waals surface area contributed by atoms with Gasteiger partial charge in [0.2, 0.25) is 11.6 Å². The molecule has 1 aliphatic heterocycles. The van der Waals surface area contributed by atoms with Crippen molar-refractivity contribution in [3.63, 3.8) is 0 Å². The molecule has 0 saturated carbocycles. The van der Waals surface area contributed by atoms with Gasteiger partial charge in [-0.1, -0.05) is 0 Å². The van der Waals surface area contributed by atoms with Gasteiger partial charge in [0.25, 0.3) is 5.88 Å². The van der Waals surface area contributed by atoms with Gasteiger partial charge in [0.05, 0.1) is 12.3 Å². The summed E-state index contributed by atoms with van der Waals surface area (Å²) < 4.78 is 18.6.